The first kappa shape index (κ1) is 20.4. The van der Waals surface area contributed by atoms with Crippen molar-refractivity contribution in [2.24, 2.45) is 0 Å². The first-order chi connectivity index (χ1) is 13.1. The molecular weight excluding hydrogens is 391 g/mol. The standard InChI is InChI=1S/C20H20F3NO3S/c21-20(22,23)17-8-4-7-16(11-17)12-19(25)24(13-15-5-2-1-3-6-15)18-9-10-28(26,27)14-18/h1-8,11,18H,9-10,12-14H2/t18-/m1/s1. The molecule has 28 heavy (non-hydrogen) atoms. The molecule has 0 aliphatic carbocycles. The summed E-state index contributed by atoms with van der Waals surface area (Å²) < 4.78 is 62.5. The maximum atomic E-state index is 12.9. The lowest BCUT2D eigenvalue weighted by Gasteiger charge is -2.28. The molecule has 0 saturated carbocycles. The van der Waals surface area contributed by atoms with Gasteiger partial charge in [0.25, 0.3) is 0 Å². The number of nitrogens with zero attached hydrogens (tertiary/aromatic N) is 1. The van der Waals surface area contributed by atoms with E-state index >= 15 is 0 Å². The summed E-state index contributed by atoms with van der Waals surface area (Å²) in [5.41, 5.74) is 0.277. The van der Waals surface area contributed by atoms with Gasteiger partial charge in [0.1, 0.15) is 0 Å². The van der Waals surface area contributed by atoms with Gasteiger partial charge in [0.05, 0.1) is 23.5 Å². The van der Waals surface area contributed by atoms with Crippen molar-refractivity contribution in [1.29, 1.82) is 0 Å². The van der Waals surface area contributed by atoms with Gasteiger partial charge in [-0.05, 0) is 23.6 Å². The van der Waals surface area contributed by atoms with Crippen LogP contribution in [0.25, 0.3) is 0 Å². The van der Waals surface area contributed by atoms with Crippen LogP contribution in [0.1, 0.15) is 23.1 Å². The number of rotatable bonds is 5. The highest BCUT2D eigenvalue weighted by molar-refractivity contribution is 7.91. The third kappa shape index (κ3) is 5.13. The normalized spacial score (nSPS) is 18.8. The smallest absolute Gasteiger partial charge is 0.334 e. The fourth-order valence-corrected chi connectivity index (χ4v) is 5.09. The summed E-state index contributed by atoms with van der Waals surface area (Å²) >= 11 is 0. The summed E-state index contributed by atoms with van der Waals surface area (Å²) in [5.74, 6) is -0.487. The minimum Gasteiger partial charge on any atom is -0.334 e. The van der Waals surface area contributed by atoms with Crippen LogP contribution in [0.3, 0.4) is 0 Å². The highest BCUT2D eigenvalue weighted by Crippen LogP contribution is 2.30. The Labute approximate surface area is 161 Å². The van der Waals surface area contributed by atoms with Crippen LogP contribution in [-0.2, 0) is 33.8 Å². The van der Waals surface area contributed by atoms with Crippen molar-refractivity contribution in [3.63, 3.8) is 0 Å². The van der Waals surface area contributed by atoms with Crippen LogP contribution >= 0.6 is 0 Å². The minimum absolute atomic E-state index is 0.0137. The SMILES string of the molecule is O=C(Cc1cccc(C(F)(F)F)c1)N(Cc1ccccc1)[C@@H]1CCS(=O)(=O)C1. The van der Waals surface area contributed by atoms with Crippen LogP contribution in [0, 0.1) is 0 Å². The minimum atomic E-state index is -4.48. The number of carbonyl (C=O) groups is 1. The Balaban J connectivity index is 1.82. The lowest BCUT2D eigenvalue weighted by atomic mass is 10.1. The fourth-order valence-electron chi connectivity index (χ4n) is 3.36. The Morgan fingerprint density at radius 2 is 1.71 bits per heavy atom. The molecule has 150 valence electrons. The van der Waals surface area contributed by atoms with Crippen molar-refractivity contribution < 1.29 is 26.4 Å². The van der Waals surface area contributed by atoms with Crippen LogP contribution in [0.5, 0.6) is 0 Å². The Hall–Kier alpha value is -2.35. The zero-order valence-electron chi connectivity index (χ0n) is 15.0. The number of halogens is 3. The van der Waals surface area contributed by atoms with E-state index in [1.54, 1.807) is 0 Å². The lowest BCUT2D eigenvalue weighted by Crippen LogP contribution is -2.41. The molecule has 4 nitrogen and oxygen atoms in total. The molecule has 0 unspecified atom stereocenters. The van der Waals surface area contributed by atoms with Crippen molar-refractivity contribution in [1.82, 2.24) is 4.90 Å². The molecule has 1 fully saturated rings. The van der Waals surface area contributed by atoms with Crippen LogP contribution in [0.2, 0.25) is 0 Å². The number of amides is 1. The van der Waals surface area contributed by atoms with E-state index in [0.29, 0.717) is 6.42 Å². The predicted octanol–water partition coefficient (Wildman–Crippen LogP) is 3.46. The number of hydrogen-bond acceptors (Lipinski definition) is 3. The zero-order chi connectivity index (χ0) is 20.4. The van der Waals surface area contributed by atoms with Crippen LogP contribution in [0.15, 0.2) is 54.6 Å². The number of benzene rings is 2. The van der Waals surface area contributed by atoms with Crippen LogP contribution in [0.4, 0.5) is 13.2 Å². The molecule has 1 saturated heterocycles. The lowest BCUT2D eigenvalue weighted by molar-refractivity contribution is -0.138. The average molecular weight is 411 g/mol. The maximum Gasteiger partial charge on any atom is 0.416 e. The van der Waals surface area contributed by atoms with E-state index in [4.69, 9.17) is 0 Å². The van der Waals surface area contributed by atoms with Gasteiger partial charge in [0, 0.05) is 12.6 Å². The average Bonchev–Trinajstić information content (AvgIpc) is 2.99. The summed E-state index contributed by atoms with van der Waals surface area (Å²) in [7, 11) is -3.21. The number of hydrogen-bond donors (Lipinski definition) is 0. The Bertz CT molecular complexity index is 943. The van der Waals surface area contributed by atoms with Crippen molar-refractivity contribution in [3.8, 4) is 0 Å². The molecule has 2 aromatic rings. The molecule has 1 aliphatic rings. The van der Waals surface area contributed by atoms with Gasteiger partial charge >= 0.3 is 6.18 Å². The van der Waals surface area contributed by atoms with Gasteiger partial charge in [-0.25, -0.2) is 8.42 Å². The van der Waals surface area contributed by atoms with E-state index in [1.807, 2.05) is 30.3 Å². The maximum absolute atomic E-state index is 12.9. The summed E-state index contributed by atoms with van der Waals surface area (Å²) in [6.45, 7) is 0.221. The topological polar surface area (TPSA) is 54.5 Å². The molecule has 3 rings (SSSR count). The fraction of sp³-hybridized carbons (Fsp3) is 0.350. The van der Waals surface area contributed by atoms with E-state index in [0.717, 1.165) is 17.7 Å². The van der Waals surface area contributed by atoms with Crippen molar-refractivity contribution in [2.75, 3.05) is 11.5 Å². The second-order valence-corrected chi connectivity index (χ2v) is 9.17. The molecule has 0 radical (unpaired) electrons. The molecule has 1 amide bonds. The molecule has 0 bridgehead atoms. The number of sulfone groups is 1. The van der Waals surface area contributed by atoms with Crippen molar-refractivity contribution in [3.05, 3.63) is 71.3 Å². The largest absolute Gasteiger partial charge is 0.416 e. The summed E-state index contributed by atoms with van der Waals surface area (Å²) in [5, 5.41) is 0. The van der Waals surface area contributed by atoms with E-state index in [-0.39, 0.29) is 35.9 Å². The van der Waals surface area contributed by atoms with Gasteiger partial charge in [-0.2, -0.15) is 13.2 Å². The molecule has 0 aromatic heterocycles. The van der Waals surface area contributed by atoms with Gasteiger partial charge in [0.15, 0.2) is 9.84 Å². The molecular formula is C20H20F3NO3S. The van der Waals surface area contributed by atoms with E-state index in [1.165, 1.54) is 17.0 Å². The summed E-state index contributed by atoms with van der Waals surface area (Å²) in [6.07, 6.45) is -4.36. The molecule has 1 heterocycles. The predicted molar refractivity (Wildman–Crippen MR) is 99.2 cm³/mol. The monoisotopic (exact) mass is 411 g/mol. The van der Waals surface area contributed by atoms with Crippen molar-refractivity contribution in [2.45, 2.75) is 31.6 Å². The van der Waals surface area contributed by atoms with Gasteiger partial charge in [-0.3, -0.25) is 4.79 Å². The second kappa shape index (κ2) is 7.95. The molecule has 8 heteroatoms. The highest BCUT2D eigenvalue weighted by Gasteiger charge is 2.35. The molecule has 1 aliphatic heterocycles. The van der Waals surface area contributed by atoms with Crippen molar-refractivity contribution >= 4 is 15.7 Å². The van der Waals surface area contributed by atoms with Crippen LogP contribution in [-0.4, -0.2) is 36.8 Å². The molecule has 0 spiro atoms. The van der Waals surface area contributed by atoms with Gasteiger partial charge < -0.3 is 4.90 Å². The van der Waals surface area contributed by atoms with Gasteiger partial charge in [-0.15, -0.1) is 0 Å². The zero-order valence-corrected chi connectivity index (χ0v) is 15.8. The van der Waals surface area contributed by atoms with E-state index in [9.17, 15) is 26.4 Å². The number of alkyl halides is 3. The molecule has 0 N–H and O–H groups in total. The first-order valence-electron chi connectivity index (χ1n) is 8.84. The highest BCUT2D eigenvalue weighted by atomic mass is 32.2. The van der Waals surface area contributed by atoms with Gasteiger partial charge in [0.2, 0.25) is 5.91 Å². The Morgan fingerprint density at radius 3 is 2.32 bits per heavy atom. The second-order valence-electron chi connectivity index (χ2n) is 6.94. The summed E-state index contributed by atoms with van der Waals surface area (Å²) in [6, 6.07) is 13.3. The van der Waals surface area contributed by atoms with E-state index < -0.39 is 27.6 Å². The van der Waals surface area contributed by atoms with E-state index in [2.05, 4.69) is 0 Å². The third-order valence-corrected chi connectivity index (χ3v) is 6.53. The Kier molecular flexibility index (Phi) is 5.79. The number of carbonyl (C=O) groups excluding carboxylic acids is 1. The van der Waals surface area contributed by atoms with Crippen LogP contribution < -0.4 is 0 Å². The first-order valence-corrected chi connectivity index (χ1v) is 10.7. The Morgan fingerprint density at radius 1 is 1.04 bits per heavy atom. The summed E-state index contributed by atoms with van der Waals surface area (Å²) in [4.78, 5) is 14.4. The quantitative estimate of drug-likeness (QED) is 0.757. The third-order valence-electron chi connectivity index (χ3n) is 4.77. The van der Waals surface area contributed by atoms with Gasteiger partial charge in [-0.1, -0.05) is 48.5 Å². The molecule has 1 atom stereocenters. The molecule has 2 aromatic carbocycles.